The molecule has 6 nitrogen and oxygen atoms in total. The van der Waals surface area contributed by atoms with Gasteiger partial charge in [0, 0.05) is 0 Å². The minimum Gasteiger partial charge on any atom is -0.462 e. The SMILES string of the molecule is CCCCCN(C)CCCCOC(=O)c1cccc(C(=O)OCCCCN(C)CCCCC)c1. The van der Waals surface area contributed by atoms with Crippen LogP contribution in [0.1, 0.15) is 98.8 Å². The van der Waals surface area contributed by atoms with Gasteiger partial charge in [0.05, 0.1) is 24.3 Å². The zero-order valence-electron chi connectivity index (χ0n) is 22.2. The van der Waals surface area contributed by atoms with Crippen molar-refractivity contribution in [3.8, 4) is 0 Å². The number of hydrogen-bond donors (Lipinski definition) is 0. The third kappa shape index (κ3) is 14.4. The molecule has 0 N–H and O–H groups in total. The van der Waals surface area contributed by atoms with Crippen LogP contribution in [0.25, 0.3) is 0 Å². The number of rotatable bonds is 20. The van der Waals surface area contributed by atoms with E-state index in [0.29, 0.717) is 24.3 Å². The standard InChI is InChI=1S/C28H48N2O4/c1-5-7-9-18-29(3)20-11-13-22-33-27(31)25-16-15-17-26(24-25)28(32)34-23-14-12-21-30(4)19-10-8-6-2/h15-17,24H,5-14,18-23H2,1-4H3. The number of esters is 2. The van der Waals surface area contributed by atoms with Gasteiger partial charge in [-0.2, -0.15) is 0 Å². The molecule has 1 aromatic carbocycles. The van der Waals surface area contributed by atoms with Crippen LogP contribution in [-0.2, 0) is 9.47 Å². The molecule has 0 heterocycles. The van der Waals surface area contributed by atoms with E-state index >= 15 is 0 Å². The van der Waals surface area contributed by atoms with Gasteiger partial charge >= 0.3 is 11.9 Å². The Balaban J connectivity index is 2.24. The van der Waals surface area contributed by atoms with E-state index in [9.17, 15) is 9.59 Å². The molecule has 0 unspecified atom stereocenters. The number of nitrogens with zero attached hydrogens (tertiary/aromatic N) is 2. The van der Waals surface area contributed by atoms with Crippen LogP contribution in [0.2, 0.25) is 0 Å². The summed E-state index contributed by atoms with van der Waals surface area (Å²) in [7, 11) is 4.28. The lowest BCUT2D eigenvalue weighted by molar-refractivity contribution is 0.0494. The fourth-order valence-corrected chi connectivity index (χ4v) is 3.72. The zero-order chi connectivity index (χ0) is 25.0. The van der Waals surface area contributed by atoms with Crippen molar-refractivity contribution in [1.29, 1.82) is 0 Å². The first-order valence-electron chi connectivity index (χ1n) is 13.3. The van der Waals surface area contributed by atoms with Gasteiger partial charge in [-0.05, 0) is 97.0 Å². The van der Waals surface area contributed by atoms with Crippen molar-refractivity contribution >= 4 is 11.9 Å². The highest BCUT2D eigenvalue weighted by molar-refractivity contribution is 5.95. The van der Waals surface area contributed by atoms with Crippen molar-refractivity contribution < 1.29 is 19.1 Å². The average molecular weight is 477 g/mol. The Hall–Kier alpha value is -1.92. The molecule has 0 saturated carbocycles. The molecule has 0 saturated heterocycles. The average Bonchev–Trinajstić information content (AvgIpc) is 2.83. The normalized spacial score (nSPS) is 11.2. The summed E-state index contributed by atoms with van der Waals surface area (Å²) in [5.41, 5.74) is 0.777. The first-order chi connectivity index (χ1) is 16.5. The molecule has 1 rings (SSSR count). The van der Waals surface area contributed by atoms with Crippen LogP contribution >= 0.6 is 0 Å². The Labute approximate surface area is 208 Å². The van der Waals surface area contributed by atoms with E-state index < -0.39 is 11.9 Å². The molecule has 34 heavy (non-hydrogen) atoms. The molecule has 0 spiro atoms. The van der Waals surface area contributed by atoms with Gasteiger partial charge in [-0.1, -0.05) is 45.6 Å². The van der Waals surface area contributed by atoms with E-state index in [4.69, 9.17) is 9.47 Å². The van der Waals surface area contributed by atoms with Crippen molar-refractivity contribution in [2.45, 2.75) is 78.1 Å². The summed E-state index contributed by atoms with van der Waals surface area (Å²) in [5, 5.41) is 0. The Bertz CT molecular complexity index is 627. The van der Waals surface area contributed by atoms with Gasteiger partial charge in [0.25, 0.3) is 0 Å². The summed E-state index contributed by atoms with van der Waals surface area (Å²) in [5.74, 6) is -0.783. The highest BCUT2D eigenvalue weighted by Crippen LogP contribution is 2.10. The van der Waals surface area contributed by atoms with Crippen molar-refractivity contribution in [2.24, 2.45) is 0 Å². The quantitative estimate of drug-likeness (QED) is 0.175. The van der Waals surface area contributed by atoms with Gasteiger partial charge in [0.2, 0.25) is 0 Å². The molecular weight excluding hydrogens is 428 g/mol. The van der Waals surface area contributed by atoms with Crippen molar-refractivity contribution in [2.75, 3.05) is 53.5 Å². The van der Waals surface area contributed by atoms with Crippen molar-refractivity contribution in [3.05, 3.63) is 35.4 Å². The molecule has 0 aliphatic rings. The first-order valence-corrected chi connectivity index (χ1v) is 13.3. The maximum absolute atomic E-state index is 12.4. The Kier molecular flexibility index (Phi) is 17.2. The molecular formula is C28H48N2O4. The monoisotopic (exact) mass is 476 g/mol. The Morgan fingerprint density at radius 1 is 0.647 bits per heavy atom. The maximum Gasteiger partial charge on any atom is 0.338 e. The predicted molar refractivity (Wildman–Crippen MR) is 140 cm³/mol. The number of carbonyl (C=O) groups is 2. The van der Waals surface area contributed by atoms with E-state index in [1.165, 1.54) is 38.5 Å². The molecule has 0 aliphatic carbocycles. The van der Waals surface area contributed by atoms with Crippen LogP contribution in [0, 0.1) is 0 Å². The predicted octanol–water partition coefficient (Wildman–Crippen LogP) is 5.80. The zero-order valence-corrected chi connectivity index (χ0v) is 22.2. The summed E-state index contributed by atoms with van der Waals surface area (Å²) < 4.78 is 10.8. The second kappa shape index (κ2) is 19.4. The van der Waals surface area contributed by atoms with Crippen LogP contribution in [0.3, 0.4) is 0 Å². The molecule has 0 aliphatic heterocycles. The van der Waals surface area contributed by atoms with E-state index in [1.807, 2.05) is 0 Å². The molecule has 0 radical (unpaired) electrons. The fraction of sp³-hybridized carbons (Fsp3) is 0.714. The summed E-state index contributed by atoms with van der Waals surface area (Å²) in [6, 6.07) is 6.61. The van der Waals surface area contributed by atoms with Gasteiger partial charge < -0.3 is 19.3 Å². The van der Waals surface area contributed by atoms with Crippen molar-refractivity contribution in [1.82, 2.24) is 9.80 Å². The van der Waals surface area contributed by atoms with Gasteiger partial charge in [-0.25, -0.2) is 9.59 Å². The second-order valence-corrected chi connectivity index (χ2v) is 9.29. The second-order valence-electron chi connectivity index (χ2n) is 9.29. The van der Waals surface area contributed by atoms with Gasteiger partial charge in [-0.3, -0.25) is 0 Å². The third-order valence-corrected chi connectivity index (χ3v) is 5.96. The lowest BCUT2D eigenvalue weighted by Crippen LogP contribution is -2.21. The largest absolute Gasteiger partial charge is 0.462 e. The molecule has 0 fully saturated rings. The van der Waals surface area contributed by atoms with Gasteiger partial charge in [0.1, 0.15) is 0 Å². The topological polar surface area (TPSA) is 59.1 Å². The van der Waals surface area contributed by atoms with E-state index in [0.717, 1.165) is 51.9 Å². The number of unbranched alkanes of at least 4 members (excludes halogenated alkanes) is 6. The van der Waals surface area contributed by atoms with Crippen LogP contribution in [0.4, 0.5) is 0 Å². The summed E-state index contributed by atoms with van der Waals surface area (Å²) in [6.07, 6.45) is 11.1. The van der Waals surface area contributed by atoms with Gasteiger partial charge in [0.15, 0.2) is 0 Å². The summed E-state index contributed by atoms with van der Waals surface area (Å²) in [6.45, 7) is 9.47. The lowest BCUT2D eigenvalue weighted by atomic mass is 10.1. The molecule has 6 heteroatoms. The van der Waals surface area contributed by atoms with Gasteiger partial charge in [-0.15, -0.1) is 0 Å². The number of ether oxygens (including phenoxy) is 2. The highest BCUT2D eigenvalue weighted by Gasteiger charge is 2.12. The summed E-state index contributed by atoms with van der Waals surface area (Å²) >= 11 is 0. The fourth-order valence-electron chi connectivity index (χ4n) is 3.72. The lowest BCUT2D eigenvalue weighted by Gasteiger charge is -2.16. The van der Waals surface area contributed by atoms with Crippen LogP contribution in [-0.4, -0.2) is 75.2 Å². The number of carbonyl (C=O) groups excluding carboxylic acids is 2. The Morgan fingerprint density at radius 3 is 1.41 bits per heavy atom. The molecule has 0 bridgehead atoms. The van der Waals surface area contributed by atoms with Crippen LogP contribution in [0.5, 0.6) is 0 Å². The van der Waals surface area contributed by atoms with E-state index in [1.54, 1.807) is 24.3 Å². The number of benzene rings is 1. The van der Waals surface area contributed by atoms with E-state index in [-0.39, 0.29) is 0 Å². The number of hydrogen-bond acceptors (Lipinski definition) is 6. The Morgan fingerprint density at radius 2 is 1.03 bits per heavy atom. The molecule has 0 amide bonds. The first kappa shape index (κ1) is 30.1. The minimum absolute atomic E-state index is 0.389. The molecule has 194 valence electrons. The third-order valence-electron chi connectivity index (χ3n) is 5.96. The van der Waals surface area contributed by atoms with E-state index in [2.05, 4.69) is 37.7 Å². The van der Waals surface area contributed by atoms with Crippen LogP contribution < -0.4 is 0 Å². The molecule has 1 aromatic rings. The van der Waals surface area contributed by atoms with Crippen molar-refractivity contribution in [3.63, 3.8) is 0 Å². The maximum atomic E-state index is 12.4. The smallest absolute Gasteiger partial charge is 0.338 e. The summed E-state index contributed by atoms with van der Waals surface area (Å²) in [4.78, 5) is 29.4. The molecule has 0 atom stereocenters. The van der Waals surface area contributed by atoms with Crippen LogP contribution in [0.15, 0.2) is 24.3 Å². The molecule has 0 aromatic heterocycles. The minimum atomic E-state index is -0.392. The highest BCUT2D eigenvalue weighted by atomic mass is 16.5.